The minimum absolute atomic E-state index is 0.0347. The molecule has 1 heterocycles. The van der Waals surface area contributed by atoms with E-state index in [1.807, 2.05) is 4.57 Å². The first-order chi connectivity index (χ1) is 6.33. The third kappa shape index (κ3) is 4.15. The Morgan fingerprint density at radius 3 is 2.62 bits per heavy atom. The van der Waals surface area contributed by atoms with E-state index in [9.17, 15) is 4.79 Å². The molecule has 0 aliphatic rings. The van der Waals surface area contributed by atoms with E-state index in [4.69, 9.17) is 4.74 Å². The molecule has 0 saturated heterocycles. The lowest BCUT2D eigenvalue weighted by molar-refractivity contribution is 0.141. The number of rotatable bonds is 5. The Morgan fingerprint density at radius 2 is 2.00 bits per heavy atom. The van der Waals surface area contributed by atoms with Crippen LogP contribution in [0.2, 0.25) is 0 Å². The minimum Gasteiger partial charge on any atom is -0.379 e. The normalized spacial score (nSPS) is 10.2. The Morgan fingerprint density at radius 1 is 1.31 bits per heavy atom. The van der Waals surface area contributed by atoms with Crippen molar-refractivity contribution in [3.8, 4) is 0 Å². The molecular weight excluding hydrogens is 186 g/mol. The largest absolute Gasteiger partial charge is 0.379 e. The third-order valence-electron chi connectivity index (χ3n) is 1.59. The van der Waals surface area contributed by atoms with E-state index >= 15 is 0 Å². The van der Waals surface area contributed by atoms with Gasteiger partial charge in [-0.25, -0.2) is 0 Å². The van der Waals surface area contributed by atoms with Crippen molar-refractivity contribution >= 4 is 12.6 Å². The Labute approximate surface area is 82.8 Å². The van der Waals surface area contributed by atoms with Gasteiger partial charge < -0.3 is 9.30 Å². The number of hydrogen-bond donors (Lipinski definition) is 1. The Kier molecular flexibility index (Phi) is 4.64. The van der Waals surface area contributed by atoms with Crippen LogP contribution in [0.1, 0.15) is 0 Å². The first-order valence-electron chi connectivity index (χ1n) is 4.17. The molecule has 0 unspecified atom stereocenters. The standard InChI is InChI=1S/C9H13NO2S/c11-9-1-3-10(4-2-9)5-6-12-7-8-13/h1-4,13H,5-8H2. The fourth-order valence-electron chi connectivity index (χ4n) is 0.929. The number of ether oxygens (including phenoxy) is 1. The van der Waals surface area contributed by atoms with Gasteiger partial charge in [-0.15, -0.1) is 0 Å². The van der Waals surface area contributed by atoms with E-state index < -0.39 is 0 Å². The lowest BCUT2D eigenvalue weighted by Gasteiger charge is -2.05. The highest BCUT2D eigenvalue weighted by atomic mass is 32.1. The summed E-state index contributed by atoms with van der Waals surface area (Å²) < 4.78 is 7.16. The predicted molar refractivity (Wildman–Crippen MR) is 55.4 cm³/mol. The molecule has 1 rings (SSSR count). The van der Waals surface area contributed by atoms with E-state index in [1.165, 1.54) is 0 Å². The SMILES string of the molecule is O=c1ccn(CCOCCS)cc1. The molecule has 4 heteroatoms. The van der Waals surface area contributed by atoms with Gasteiger partial charge in [-0.05, 0) is 0 Å². The Balaban J connectivity index is 2.29. The number of thiol groups is 1. The van der Waals surface area contributed by atoms with Gasteiger partial charge in [-0.2, -0.15) is 12.6 Å². The van der Waals surface area contributed by atoms with Crippen LogP contribution in [0.25, 0.3) is 0 Å². The Bertz CT molecular complexity index is 277. The molecule has 0 atom stereocenters. The molecule has 0 aliphatic heterocycles. The van der Waals surface area contributed by atoms with Gasteiger partial charge in [0.15, 0.2) is 5.43 Å². The summed E-state index contributed by atoms with van der Waals surface area (Å²) in [6, 6.07) is 3.08. The summed E-state index contributed by atoms with van der Waals surface area (Å²) in [6.07, 6.45) is 3.51. The second-order valence-corrected chi connectivity index (χ2v) is 3.05. The molecule has 72 valence electrons. The highest BCUT2D eigenvalue weighted by Crippen LogP contribution is 1.86. The zero-order valence-electron chi connectivity index (χ0n) is 7.35. The summed E-state index contributed by atoms with van der Waals surface area (Å²) in [5, 5.41) is 0. The van der Waals surface area contributed by atoms with Crippen molar-refractivity contribution in [3.05, 3.63) is 34.7 Å². The number of nitrogens with zero attached hydrogens (tertiary/aromatic N) is 1. The van der Waals surface area contributed by atoms with Crippen molar-refractivity contribution in [2.75, 3.05) is 19.0 Å². The van der Waals surface area contributed by atoms with Crippen LogP contribution >= 0.6 is 12.6 Å². The van der Waals surface area contributed by atoms with Gasteiger partial charge in [0, 0.05) is 36.8 Å². The predicted octanol–water partition coefficient (Wildman–Crippen LogP) is 0.795. The maximum Gasteiger partial charge on any atom is 0.181 e. The van der Waals surface area contributed by atoms with Crippen LogP contribution in [0.5, 0.6) is 0 Å². The van der Waals surface area contributed by atoms with E-state index in [-0.39, 0.29) is 5.43 Å². The zero-order chi connectivity index (χ0) is 9.52. The molecule has 0 aromatic carbocycles. The minimum atomic E-state index is 0.0347. The summed E-state index contributed by atoms with van der Waals surface area (Å²) in [5.74, 6) is 0.740. The molecule has 0 saturated carbocycles. The maximum absolute atomic E-state index is 10.7. The van der Waals surface area contributed by atoms with E-state index in [1.54, 1.807) is 24.5 Å². The van der Waals surface area contributed by atoms with E-state index in [0.717, 1.165) is 12.3 Å². The fourth-order valence-corrected chi connectivity index (χ4v) is 1.06. The number of hydrogen-bond acceptors (Lipinski definition) is 3. The molecule has 0 amide bonds. The van der Waals surface area contributed by atoms with Gasteiger partial charge in [0.2, 0.25) is 0 Å². The van der Waals surface area contributed by atoms with Crippen LogP contribution in [0.4, 0.5) is 0 Å². The maximum atomic E-state index is 10.7. The molecular formula is C9H13NO2S. The van der Waals surface area contributed by atoms with Crippen molar-refractivity contribution < 1.29 is 4.74 Å². The zero-order valence-corrected chi connectivity index (χ0v) is 8.24. The molecule has 1 aromatic rings. The summed E-state index contributed by atoms with van der Waals surface area (Å²) in [6.45, 7) is 2.10. The molecule has 0 N–H and O–H groups in total. The molecule has 0 spiro atoms. The van der Waals surface area contributed by atoms with Crippen LogP contribution < -0.4 is 5.43 Å². The van der Waals surface area contributed by atoms with Gasteiger partial charge >= 0.3 is 0 Å². The lowest BCUT2D eigenvalue weighted by Crippen LogP contribution is -2.09. The van der Waals surface area contributed by atoms with Crippen LogP contribution in [0.15, 0.2) is 29.3 Å². The van der Waals surface area contributed by atoms with Gasteiger partial charge in [0.25, 0.3) is 0 Å². The molecule has 0 fully saturated rings. The first-order valence-corrected chi connectivity index (χ1v) is 4.81. The summed E-state index contributed by atoms with van der Waals surface area (Å²) in [4.78, 5) is 10.7. The smallest absolute Gasteiger partial charge is 0.181 e. The lowest BCUT2D eigenvalue weighted by atomic mass is 10.4. The topological polar surface area (TPSA) is 31.2 Å². The van der Waals surface area contributed by atoms with Gasteiger partial charge in [-0.3, -0.25) is 4.79 Å². The van der Waals surface area contributed by atoms with Crippen molar-refractivity contribution in [3.63, 3.8) is 0 Å². The van der Waals surface area contributed by atoms with E-state index in [2.05, 4.69) is 12.6 Å². The summed E-state index contributed by atoms with van der Waals surface area (Å²) in [5.41, 5.74) is 0.0347. The molecule has 13 heavy (non-hydrogen) atoms. The van der Waals surface area contributed by atoms with Gasteiger partial charge in [0.1, 0.15) is 0 Å². The van der Waals surface area contributed by atoms with E-state index in [0.29, 0.717) is 13.2 Å². The molecule has 0 aliphatic carbocycles. The summed E-state index contributed by atoms with van der Waals surface area (Å²) in [7, 11) is 0. The molecule has 0 bridgehead atoms. The monoisotopic (exact) mass is 199 g/mol. The number of pyridine rings is 1. The molecule has 1 aromatic heterocycles. The van der Waals surface area contributed by atoms with Crippen molar-refractivity contribution in [2.24, 2.45) is 0 Å². The average molecular weight is 199 g/mol. The van der Waals surface area contributed by atoms with Crippen LogP contribution in [-0.4, -0.2) is 23.5 Å². The Hall–Kier alpha value is -0.740. The second kappa shape index (κ2) is 5.83. The highest BCUT2D eigenvalue weighted by molar-refractivity contribution is 7.80. The first kappa shape index (κ1) is 10.3. The van der Waals surface area contributed by atoms with Crippen LogP contribution in [-0.2, 0) is 11.3 Å². The van der Waals surface area contributed by atoms with Crippen molar-refractivity contribution in [2.45, 2.75) is 6.54 Å². The van der Waals surface area contributed by atoms with Crippen LogP contribution in [0.3, 0.4) is 0 Å². The quantitative estimate of drug-likeness (QED) is 0.561. The number of aromatic nitrogens is 1. The van der Waals surface area contributed by atoms with Crippen LogP contribution in [0, 0.1) is 0 Å². The molecule has 3 nitrogen and oxygen atoms in total. The fraction of sp³-hybridized carbons (Fsp3) is 0.444. The van der Waals surface area contributed by atoms with Gasteiger partial charge in [0.05, 0.1) is 13.2 Å². The van der Waals surface area contributed by atoms with Crippen molar-refractivity contribution in [1.29, 1.82) is 0 Å². The third-order valence-corrected chi connectivity index (χ3v) is 1.77. The summed E-state index contributed by atoms with van der Waals surface area (Å²) >= 11 is 4.02. The molecule has 0 radical (unpaired) electrons. The highest BCUT2D eigenvalue weighted by Gasteiger charge is 1.89. The van der Waals surface area contributed by atoms with Crippen molar-refractivity contribution in [1.82, 2.24) is 4.57 Å². The van der Waals surface area contributed by atoms with Gasteiger partial charge in [-0.1, -0.05) is 0 Å². The second-order valence-electron chi connectivity index (χ2n) is 2.61. The average Bonchev–Trinajstić information content (AvgIpc) is 2.15.